The van der Waals surface area contributed by atoms with Crippen molar-refractivity contribution in [3.8, 4) is 5.69 Å². The molecule has 3 rings (SSSR count). The number of rotatable bonds is 7. The zero-order valence-corrected chi connectivity index (χ0v) is 16.2. The van der Waals surface area contributed by atoms with E-state index in [2.05, 4.69) is 10.3 Å². The molecule has 0 aliphatic heterocycles. The van der Waals surface area contributed by atoms with E-state index in [1.54, 1.807) is 18.4 Å². The summed E-state index contributed by atoms with van der Waals surface area (Å²) in [5.74, 6) is -2.00. The Morgan fingerprint density at radius 2 is 1.69 bits per heavy atom. The van der Waals surface area contributed by atoms with Crippen LogP contribution in [0.4, 0.5) is 8.78 Å². The fourth-order valence-corrected chi connectivity index (χ4v) is 3.07. The van der Waals surface area contributed by atoms with Gasteiger partial charge in [0.15, 0.2) is 17.5 Å². The third kappa shape index (κ3) is 5.20. The minimum Gasteiger partial charge on any atom is -0.451 e. The number of thioether (sulfide) groups is 1. The van der Waals surface area contributed by atoms with Gasteiger partial charge in [-0.25, -0.2) is 18.6 Å². The van der Waals surface area contributed by atoms with E-state index in [9.17, 15) is 18.4 Å². The van der Waals surface area contributed by atoms with Gasteiger partial charge in [0.05, 0.1) is 6.20 Å². The molecule has 6 nitrogen and oxygen atoms in total. The Bertz CT molecular complexity index is 1000. The molecular weight excluding hydrogens is 400 g/mol. The van der Waals surface area contributed by atoms with Crippen LogP contribution in [0.5, 0.6) is 0 Å². The van der Waals surface area contributed by atoms with Crippen molar-refractivity contribution in [2.75, 3.05) is 12.9 Å². The monoisotopic (exact) mass is 417 g/mol. The minimum atomic E-state index is -0.737. The van der Waals surface area contributed by atoms with Crippen LogP contribution in [-0.2, 0) is 16.1 Å². The lowest BCUT2D eigenvalue weighted by molar-refractivity contribution is -0.124. The van der Waals surface area contributed by atoms with E-state index < -0.39 is 24.3 Å². The molecule has 2 aromatic carbocycles. The van der Waals surface area contributed by atoms with Crippen LogP contribution in [0.3, 0.4) is 0 Å². The summed E-state index contributed by atoms with van der Waals surface area (Å²) < 4.78 is 32.7. The molecule has 3 aromatic rings. The van der Waals surface area contributed by atoms with Crippen molar-refractivity contribution < 1.29 is 23.1 Å². The number of nitrogens with one attached hydrogen (secondary N) is 1. The van der Waals surface area contributed by atoms with Gasteiger partial charge in [-0.2, -0.15) is 0 Å². The maximum atomic E-state index is 13.2. The maximum absolute atomic E-state index is 13.2. The van der Waals surface area contributed by atoms with Crippen LogP contribution < -0.4 is 5.32 Å². The zero-order valence-electron chi connectivity index (χ0n) is 15.4. The van der Waals surface area contributed by atoms with Gasteiger partial charge in [0.2, 0.25) is 0 Å². The van der Waals surface area contributed by atoms with Gasteiger partial charge < -0.3 is 10.1 Å². The summed E-state index contributed by atoms with van der Waals surface area (Å²) in [6, 6.07) is 11.3. The number of hydrogen-bond donors (Lipinski definition) is 1. The first-order valence-corrected chi connectivity index (χ1v) is 9.76. The molecular formula is C20H17F2N3O3S. The highest BCUT2D eigenvalue weighted by molar-refractivity contribution is 7.98. The smallest absolute Gasteiger partial charge is 0.357 e. The van der Waals surface area contributed by atoms with E-state index in [4.69, 9.17) is 4.74 Å². The maximum Gasteiger partial charge on any atom is 0.357 e. The number of imidazole rings is 1. The number of carbonyl (C=O) groups excluding carboxylic acids is 2. The third-order valence-corrected chi connectivity index (χ3v) is 4.60. The first-order valence-electron chi connectivity index (χ1n) is 8.54. The van der Waals surface area contributed by atoms with Crippen LogP contribution in [0.25, 0.3) is 5.69 Å². The second-order valence-electron chi connectivity index (χ2n) is 5.92. The van der Waals surface area contributed by atoms with Crippen molar-refractivity contribution >= 4 is 23.6 Å². The van der Waals surface area contributed by atoms with Crippen LogP contribution in [0.2, 0.25) is 0 Å². The highest BCUT2D eigenvalue weighted by Crippen LogP contribution is 2.22. The summed E-state index contributed by atoms with van der Waals surface area (Å²) in [6.07, 6.45) is 3.13. The van der Waals surface area contributed by atoms with Crippen LogP contribution >= 0.6 is 11.8 Å². The van der Waals surface area contributed by atoms with Gasteiger partial charge in [0, 0.05) is 12.2 Å². The molecule has 0 saturated carbocycles. The van der Waals surface area contributed by atoms with E-state index >= 15 is 0 Å². The van der Waals surface area contributed by atoms with Gasteiger partial charge in [-0.15, -0.1) is 0 Å². The number of esters is 1. The Kier molecular flexibility index (Phi) is 6.61. The van der Waals surface area contributed by atoms with Gasteiger partial charge in [-0.3, -0.25) is 9.36 Å². The summed E-state index contributed by atoms with van der Waals surface area (Å²) in [4.78, 5) is 28.6. The molecule has 0 radical (unpaired) electrons. The molecule has 1 aromatic heterocycles. The number of ether oxygens (including phenoxy) is 1. The molecule has 0 aliphatic rings. The van der Waals surface area contributed by atoms with E-state index in [-0.39, 0.29) is 18.1 Å². The van der Waals surface area contributed by atoms with Gasteiger partial charge in [-0.1, -0.05) is 23.9 Å². The predicted molar refractivity (Wildman–Crippen MR) is 104 cm³/mol. The predicted octanol–water partition coefficient (Wildman–Crippen LogP) is 3.35. The fraction of sp³-hybridized carbons (Fsp3) is 0.150. The molecule has 9 heteroatoms. The average Bonchev–Trinajstić information content (AvgIpc) is 3.16. The molecule has 1 amide bonds. The topological polar surface area (TPSA) is 73.2 Å². The summed E-state index contributed by atoms with van der Waals surface area (Å²) >= 11 is 1.31. The molecule has 0 bridgehead atoms. The standard InChI is InChI=1S/C20H17F2N3O3S/c1-29-20-24-11-17(25(20)16-8-6-15(22)7-9-16)19(27)28-12-18(26)23-10-13-2-4-14(21)5-3-13/h2-9,11H,10,12H2,1H3,(H,23,26). The zero-order chi connectivity index (χ0) is 20.8. The second kappa shape index (κ2) is 9.33. The van der Waals surface area contributed by atoms with E-state index in [1.165, 1.54) is 58.9 Å². The molecule has 29 heavy (non-hydrogen) atoms. The largest absolute Gasteiger partial charge is 0.451 e. The number of carbonyl (C=O) groups is 2. The Labute approximate surface area is 169 Å². The summed E-state index contributed by atoms with van der Waals surface area (Å²) in [5, 5.41) is 3.11. The van der Waals surface area contributed by atoms with E-state index in [1.807, 2.05) is 0 Å². The lowest BCUT2D eigenvalue weighted by Crippen LogP contribution is -2.28. The van der Waals surface area contributed by atoms with Crippen molar-refractivity contribution in [3.63, 3.8) is 0 Å². The van der Waals surface area contributed by atoms with E-state index in [0.29, 0.717) is 16.4 Å². The van der Waals surface area contributed by atoms with E-state index in [0.717, 1.165) is 0 Å². The first kappa shape index (κ1) is 20.5. The lowest BCUT2D eigenvalue weighted by atomic mass is 10.2. The summed E-state index contributed by atoms with van der Waals surface area (Å²) in [7, 11) is 0. The molecule has 1 N–H and O–H groups in total. The normalized spacial score (nSPS) is 10.6. The third-order valence-electron chi connectivity index (χ3n) is 3.94. The van der Waals surface area contributed by atoms with Crippen molar-refractivity contribution in [1.29, 1.82) is 0 Å². The highest BCUT2D eigenvalue weighted by Gasteiger charge is 2.20. The van der Waals surface area contributed by atoms with Crippen molar-refractivity contribution in [3.05, 3.63) is 77.6 Å². The SMILES string of the molecule is CSc1ncc(C(=O)OCC(=O)NCc2ccc(F)cc2)n1-c1ccc(F)cc1. The van der Waals surface area contributed by atoms with Crippen molar-refractivity contribution in [2.45, 2.75) is 11.7 Å². The number of nitrogens with zero attached hydrogens (tertiary/aromatic N) is 2. The highest BCUT2D eigenvalue weighted by atomic mass is 32.2. The molecule has 0 unspecified atom stereocenters. The van der Waals surface area contributed by atoms with Gasteiger partial charge in [0.25, 0.3) is 5.91 Å². The van der Waals surface area contributed by atoms with Crippen molar-refractivity contribution in [2.24, 2.45) is 0 Å². The lowest BCUT2D eigenvalue weighted by Gasteiger charge is -2.11. The number of aromatic nitrogens is 2. The number of halogens is 2. The molecule has 0 fully saturated rings. The number of amides is 1. The molecule has 0 spiro atoms. The average molecular weight is 417 g/mol. The Morgan fingerprint density at radius 3 is 2.31 bits per heavy atom. The second-order valence-corrected chi connectivity index (χ2v) is 6.69. The van der Waals surface area contributed by atoms with Gasteiger partial charge in [-0.05, 0) is 48.2 Å². The Hall–Kier alpha value is -3.20. The Balaban J connectivity index is 1.63. The number of benzene rings is 2. The Morgan fingerprint density at radius 1 is 1.07 bits per heavy atom. The molecule has 0 atom stereocenters. The summed E-state index contributed by atoms with van der Waals surface area (Å²) in [6.45, 7) is -0.302. The van der Waals surface area contributed by atoms with Crippen molar-refractivity contribution in [1.82, 2.24) is 14.9 Å². The van der Waals surface area contributed by atoms with Crippen LogP contribution in [-0.4, -0.2) is 34.3 Å². The van der Waals surface area contributed by atoms with Crippen LogP contribution in [0.1, 0.15) is 16.1 Å². The minimum absolute atomic E-state index is 0.118. The molecule has 0 aliphatic carbocycles. The summed E-state index contributed by atoms with van der Waals surface area (Å²) in [5.41, 5.74) is 1.37. The molecule has 150 valence electrons. The van der Waals surface area contributed by atoms with Gasteiger partial charge in [0.1, 0.15) is 11.6 Å². The molecule has 1 heterocycles. The first-order chi connectivity index (χ1) is 14.0. The quantitative estimate of drug-likeness (QED) is 0.472. The number of hydrogen-bond acceptors (Lipinski definition) is 5. The fourth-order valence-electron chi connectivity index (χ4n) is 2.52. The molecule has 0 saturated heterocycles. The van der Waals surface area contributed by atoms with Crippen LogP contribution in [0, 0.1) is 11.6 Å². The van der Waals surface area contributed by atoms with Crippen LogP contribution in [0.15, 0.2) is 59.9 Å². The van der Waals surface area contributed by atoms with Gasteiger partial charge >= 0.3 is 5.97 Å².